The molecule has 0 spiro atoms. The fourth-order valence-corrected chi connectivity index (χ4v) is 9.81. The topological polar surface area (TPSA) is 31.6 Å². The van der Waals surface area contributed by atoms with Crippen molar-refractivity contribution in [1.29, 1.82) is 0 Å². The van der Waals surface area contributed by atoms with E-state index < -0.39 is 5.16 Å². The van der Waals surface area contributed by atoms with E-state index in [0.29, 0.717) is 0 Å². The summed E-state index contributed by atoms with van der Waals surface area (Å²) in [5.41, 5.74) is 8.24. The van der Waals surface area contributed by atoms with Gasteiger partial charge in [0.2, 0.25) is 0 Å². The monoisotopic (exact) mass is 524 g/mol. The van der Waals surface area contributed by atoms with E-state index in [1.54, 1.807) is 0 Å². The first-order valence-corrected chi connectivity index (χ1v) is 15.4. The fourth-order valence-electron chi connectivity index (χ4n) is 5.62. The highest BCUT2D eigenvalue weighted by Crippen LogP contribution is 2.62. The first-order chi connectivity index (χ1) is 16.3. The summed E-state index contributed by atoms with van der Waals surface area (Å²) in [5, 5.41) is 0.102. The molecule has 1 unspecified atom stereocenters. The van der Waals surface area contributed by atoms with Crippen molar-refractivity contribution in [2.24, 2.45) is 0 Å². The summed E-state index contributed by atoms with van der Waals surface area (Å²) < 4.78 is 0. The van der Waals surface area contributed by atoms with Crippen molar-refractivity contribution < 1.29 is 0 Å². The quantitative estimate of drug-likeness (QED) is 0.311. The Morgan fingerprint density at radius 3 is 1.39 bits per heavy atom. The molecule has 2 aromatic heterocycles. The average Bonchev–Trinajstić information content (AvgIpc) is 3.42. The maximum Gasteiger partial charge on any atom is 0.0891 e. The number of hydrogen-bond donors (Lipinski definition) is 2. The van der Waals surface area contributed by atoms with Crippen molar-refractivity contribution in [3.63, 3.8) is 0 Å². The van der Waals surface area contributed by atoms with Crippen LogP contribution in [0.4, 0.5) is 0 Å². The normalized spacial score (nSPS) is 14.1. The van der Waals surface area contributed by atoms with E-state index >= 15 is 0 Å². The Morgan fingerprint density at radius 1 is 0.639 bits per heavy atom. The smallest absolute Gasteiger partial charge is 0.0891 e. The summed E-state index contributed by atoms with van der Waals surface area (Å²) in [5.74, 6) is 0. The second kappa shape index (κ2) is 9.75. The van der Waals surface area contributed by atoms with Crippen molar-refractivity contribution in [3.8, 4) is 0 Å². The summed E-state index contributed by atoms with van der Waals surface area (Å²) >= 11 is 0. The lowest BCUT2D eigenvalue weighted by Crippen LogP contribution is -2.30. The van der Waals surface area contributed by atoms with Crippen LogP contribution in [0.2, 0.25) is 0 Å². The Bertz CT molecular complexity index is 1090. The van der Waals surface area contributed by atoms with Gasteiger partial charge in [-0.15, -0.1) is 9.24 Å². The Balaban J connectivity index is 2.45. The van der Waals surface area contributed by atoms with Gasteiger partial charge in [-0.1, -0.05) is 103 Å². The van der Waals surface area contributed by atoms with E-state index in [1.807, 2.05) is 12.4 Å². The zero-order chi connectivity index (χ0) is 27.3. The molecule has 198 valence electrons. The van der Waals surface area contributed by atoms with Crippen LogP contribution < -0.4 is 0 Å². The maximum atomic E-state index is 3.57. The van der Waals surface area contributed by atoms with Gasteiger partial charge in [0.05, 0.1) is 5.16 Å². The molecule has 3 aromatic rings. The summed E-state index contributed by atoms with van der Waals surface area (Å²) in [4.78, 5) is 7.15. The molecule has 36 heavy (non-hydrogen) atoms. The number of aromatic amines is 2. The largest absolute Gasteiger partial charge is 0.364 e. The van der Waals surface area contributed by atoms with Crippen LogP contribution in [-0.2, 0) is 22.1 Å². The van der Waals surface area contributed by atoms with Gasteiger partial charge in [0.1, 0.15) is 0 Å². The Kier molecular flexibility index (Phi) is 7.91. The minimum absolute atomic E-state index is 0.0335. The van der Waals surface area contributed by atoms with Crippen molar-refractivity contribution in [2.75, 3.05) is 0 Å². The first kappa shape index (κ1) is 29.2. The molecule has 0 aliphatic rings. The third-order valence-corrected chi connectivity index (χ3v) is 12.1. The number of nitrogens with one attached hydrogen (secondary N) is 2. The molecular formula is C32H50N2P2. The number of benzene rings is 1. The molecule has 2 nitrogen and oxygen atoms in total. The highest BCUT2D eigenvalue weighted by molar-refractivity contribution is 7.60. The lowest BCUT2D eigenvalue weighted by molar-refractivity contribution is 0.528. The minimum Gasteiger partial charge on any atom is -0.364 e. The van der Waals surface area contributed by atoms with Gasteiger partial charge in [-0.3, -0.25) is 0 Å². The lowest BCUT2D eigenvalue weighted by atomic mass is 9.72. The van der Waals surface area contributed by atoms with Crippen molar-refractivity contribution in [1.82, 2.24) is 9.97 Å². The predicted octanol–water partition coefficient (Wildman–Crippen LogP) is 9.68. The first-order valence-electron chi connectivity index (χ1n) is 13.3. The summed E-state index contributed by atoms with van der Waals surface area (Å²) in [6.45, 7) is 28.7. The second-order valence-corrected chi connectivity index (χ2v) is 19.2. The standard InChI is InChI=1S/C32H50N2P2/c1-28(2,3)24-19-22(21-36(30(7,8)9)31(10,11)12)23(20-25(24)29(4,5)6)32(35,26-15-13-17-33-26)27-16-14-18-34-27/h13-20,33-34H,21,35H2,1-12H3. The minimum atomic E-state index is -0.393. The van der Waals surface area contributed by atoms with Gasteiger partial charge in [-0.05, 0) is 73.8 Å². The Morgan fingerprint density at radius 2 is 1.06 bits per heavy atom. The molecule has 2 heterocycles. The van der Waals surface area contributed by atoms with Crippen LogP contribution >= 0.6 is 17.2 Å². The van der Waals surface area contributed by atoms with E-state index in [9.17, 15) is 0 Å². The van der Waals surface area contributed by atoms with E-state index in [-0.39, 0.29) is 29.1 Å². The fraction of sp³-hybridized carbons (Fsp3) is 0.562. The van der Waals surface area contributed by atoms with E-state index in [0.717, 1.165) is 6.16 Å². The summed E-state index contributed by atoms with van der Waals surface area (Å²) in [6.07, 6.45) is 5.19. The molecule has 0 saturated heterocycles. The molecule has 0 fully saturated rings. The van der Waals surface area contributed by atoms with Gasteiger partial charge in [-0.25, -0.2) is 0 Å². The van der Waals surface area contributed by atoms with Crippen LogP contribution in [0.3, 0.4) is 0 Å². The molecule has 0 aliphatic carbocycles. The average molecular weight is 525 g/mol. The number of aromatic nitrogens is 2. The third-order valence-electron chi connectivity index (χ3n) is 7.28. The zero-order valence-corrected chi connectivity index (χ0v) is 26.9. The van der Waals surface area contributed by atoms with Crippen LogP contribution in [0.15, 0.2) is 48.8 Å². The molecule has 0 amide bonds. The summed E-state index contributed by atoms with van der Waals surface area (Å²) in [7, 11) is 2.94. The highest BCUT2D eigenvalue weighted by atomic mass is 31.1. The van der Waals surface area contributed by atoms with Gasteiger partial charge in [0.15, 0.2) is 0 Å². The molecule has 3 rings (SSSR count). The van der Waals surface area contributed by atoms with Crippen molar-refractivity contribution in [3.05, 3.63) is 82.4 Å². The molecule has 1 atom stereocenters. The van der Waals surface area contributed by atoms with Crippen LogP contribution in [0.25, 0.3) is 0 Å². The number of rotatable bonds is 5. The Hall–Kier alpha value is -1.36. The molecule has 2 N–H and O–H groups in total. The van der Waals surface area contributed by atoms with Gasteiger partial charge in [0, 0.05) is 23.8 Å². The van der Waals surface area contributed by atoms with Crippen molar-refractivity contribution in [2.45, 2.75) is 116 Å². The van der Waals surface area contributed by atoms with Gasteiger partial charge >= 0.3 is 0 Å². The maximum absolute atomic E-state index is 3.57. The number of hydrogen-bond acceptors (Lipinski definition) is 0. The Labute approximate surface area is 224 Å². The number of H-pyrrole nitrogens is 2. The second-order valence-electron chi connectivity index (χ2n) is 14.5. The van der Waals surface area contributed by atoms with Crippen molar-refractivity contribution >= 4 is 17.2 Å². The van der Waals surface area contributed by atoms with E-state index in [1.165, 1.54) is 33.6 Å². The molecule has 0 radical (unpaired) electrons. The van der Waals surface area contributed by atoms with Crippen LogP contribution in [0, 0.1) is 0 Å². The molecule has 0 aliphatic heterocycles. The molecule has 0 saturated carbocycles. The zero-order valence-electron chi connectivity index (χ0n) is 24.9. The van der Waals surface area contributed by atoms with Gasteiger partial charge < -0.3 is 9.97 Å². The highest BCUT2D eigenvalue weighted by Gasteiger charge is 2.41. The lowest BCUT2D eigenvalue weighted by Gasteiger charge is -2.43. The summed E-state index contributed by atoms with van der Waals surface area (Å²) in [6, 6.07) is 13.8. The van der Waals surface area contributed by atoms with E-state index in [4.69, 9.17) is 0 Å². The van der Waals surface area contributed by atoms with Crippen LogP contribution in [0.5, 0.6) is 0 Å². The van der Waals surface area contributed by atoms with Gasteiger partial charge in [0.25, 0.3) is 0 Å². The molecule has 1 aromatic carbocycles. The third kappa shape index (κ3) is 5.87. The van der Waals surface area contributed by atoms with Crippen LogP contribution in [0.1, 0.15) is 117 Å². The predicted molar refractivity (Wildman–Crippen MR) is 165 cm³/mol. The molecular weight excluding hydrogens is 474 g/mol. The van der Waals surface area contributed by atoms with E-state index in [2.05, 4.69) is 139 Å². The molecule has 0 bridgehead atoms. The van der Waals surface area contributed by atoms with Gasteiger partial charge in [-0.2, -0.15) is 0 Å². The molecule has 4 heteroatoms. The SMILES string of the molecule is CC(C)(C)c1cc(CP(C(C)(C)C)C(C)(C)C)c(C(P)(c2ccc[nH]2)c2ccc[nH]2)cc1C(C)(C)C. The van der Waals surface area contributed by atoms with Crippen LogP contribution in [-0.4, -0.2) is 20.3 Å².